The minimum Gasteiger partial charge on any atom is -0.447 e. The van der Waals surface area contributed by atoms with Crippen molar-refractivity contribution in [1.29, 1.82) is 0 Å². The van der Waals surface area contributed by atoms with Crippen LogP contribution >= 0.6 is 23.2 Å². The van der Waals surface area contributed by atoms with Gasteiger partial charge in [0.25, 0.3) is 5.91 Å². The Balaban J connectivity index is 1.38. The van der Waals surface area contributed by atoms with Crippen molar-refractivity contribution in [1.82, 2.24) is 20.1 Å². The smallest absolute Gasteiger partial charge is 0.273 e. The average molecular weight is 467 g/mol. The Hall–Kier alpha value is -1.64. The fraction of sp³-hybridized carbons (Fsp3) is 0.545. The minimum atomic E-state index is -0.175. The molecular weight excluding hydrogens is 439 g/mol. The molecule has 0 atom stereocenters. The number of morpholine rings is 1. The van der Waals surface area contributed by atoms with E-state index in [9.17, 15) is 4.79 Å². The number of amides is 1. The molecule has 0 unspecified atom stereocenters. The largest absolute Gasteiger partial charge is 0.447 e. The second-order valence-corrected chi connectivity index (χ2v) is 9.01. The monoisotopic (exact) mass is 466 g/mol. The molecule has 168 valence electrons. The van der Waals surface area contributed by atoms with Crippen LogP contribution in [0.25, 0.3) is 0 Å². The van der Waals surface area contributed by atoms with Crippen molar-refractivity contribution in [3.63, 3.8) is 0 Å². The molecule has 1 N–H and O–H groups in total. The lowest BCUT2D eigenvalue weighted by atomic mass is 10.2. The average Bonchev–Trinajstić information content (AvgIpc) is 3.50. The van der Waals surface area contributed by atoms with E-state index in [0.29, 0.717) is 47.2 Å². The van der Waals surface area contributed by atoms with Gasteiger partial charge in [-0.05, 0) is 36.5 Å². The first-order chi connectivity index (χ1) is 15.1. The summed E-state index contributed by atoms with van der Waals surface area (Å²) in [6, 6.07) is 5.67. The summed E-state index contributed by atoms with van der Waals surface area (Å²) < 4.78 is 11.1. The lowest BCUT2D eigenvalue weighted by Crippen LogP contribution is -2.41. The highest BCUT2D eigenvalue weighted by molar-refractivity contribution is 6.42. The van der Waals surface area contributed by atoms with Gasteiger partial charge in [-0.1, -0.05) is 29.3 Å². The molecule has 2 aliphatic rings. The van der Waals surface area contributed by atoms with E-state index in [2.05, 4.69) is 20.1 Å². The van der Waals surface area contributed by atoms with Gasteiger partial charge in [0.15, 0.2) is 5.69 Å². The van der Waals surface area contributed by atoms with Gasteiger partial charge in [-0.3, -0.25) is 14.6 Å². The number of ether oxygens (including phenoxy) is 1. The third-order valence-corrected chi connectivity index (χ3v) is 6.36. The number of nitrogens with zero attached hydrogens (tertiary/aromatic N) is 3. The van der Waals surface area contributed by atoms with Crippen LogP contribution in [0, 0.1) is 5.92 Å². The second-order valence-electron chi connectivity index (χ2n) is 8.19. The van der Waals surface area contributed by atoms with E-state index in [4.69, 9.17) is 32.4 Å². The van der Waals surface area contributed by atoms with Gasteiger partial charge in [-0.2, -0.15) is 0 Å². The molecule has 1 saturated heterocycles. The summed E-state index contributed by atoms with van der Waals surface area (Å²) in [5.41, 5.74) is 1.39. The van der Waals surface area contributed by atoms with E-state index >= 15 is 0 Å². The van der Waals surface area contributed by atoms with Crippen molar-refractivity contribution in [2.45, 2.75) is 25.9 Å². The first kappa shape index (κ1) is 22.6. The molecule has 2 aromatic rings. The SMILES string of the molecule is O=C(NCC1CC1)c1coc(CN(CCN2CCOCC2)Cc2ccc(Cl)c(Cl)c2)n1. The van der Waals surface area contributed by atoms with Gasteiger partial charge < -0.3 is 14.5 Å². The van der Waals surface area contributed by atoms with E-state index in [1.807, 2.05) is 18.2 Å². The molecule has 7 nitrogen and oxygen atoms in total. The van der Waals surface area contributed by atoms with E-state index in [1.54, 1.807) is 0 Å². The summed E-state index contributed by atoms with van der Waals surface area (Å²) in [6.07, 6.45) is 3.82. The van der Waals surface area contributed by atoms with E-state index in [0.717, 1.165) is 45.0 Å². The first-order valence-electron chi connectivity index (χ1n) is 10.8. The summed E-state index contributed by atoms with van der Waals surface area (Å²) >= 11 is 12.3. The normalized spacial score (nSPS) is 17.3. The number of hydrogen-bond donors (Lipinski definition) is 1. The van der Waals surface area contributed by atoms with Crippen LogP contribution in [-0.4, -0.2) is 66.6 Å². The molecule has 0 radical (unpaired) electrons. The van der Waals surface area contributed by atoms with Gasteiger partial charge in [0.1, 0.15) is 6.26 Å². The number of nitrogens with one attached hydrogen (secondary N) is 1. The molecule has 9 heteroatoms. The van der Waals surface area contributed by atoms with Crippen LogP contribution in [0.4, 0.5) is 0 Å². The van der Waals surface area contributed by atoms with Gasteiger partial charge in [-0.15, -0.1) is 0 Å². The Morgan fingerprint density at radius 2 is 2.00 bits per heavy atom. The van der Waals surface area contributed by atoms with Crippen LogP contribution < -0.4 is 5.32 Å². The van der Waals surface area contributed by atoms with Crippen LogP contribution in [0.1, 0.15) is 34.8 Å². The summed E-state index contributed by atoms with van der Waals surface area (Å²) in [5.74, 6) is 0.974. The molecule has 1 amide bonds. The fourth-order valence-electron chi connectivity index (χ4n) is 3.55. The van der Waals surface area contributed by atoms with Crippen molar-refractivity contribution in [2.24, 2.45) is 5.92 Å². The minimum absolute atomic E-state index is 0.175. The third kappa shape index (κ3) is 6.92. The summed E-state index contributed by atoms with van der Waals surface area (Å²) in [4.78, 5) is 21.3. The highest BCUT2D eigenvalue weighted by Gasteiger charge is 2.23. The Morgan fingerprint density at radius 3 is 2.74 bits per heavy atom. The van der Waals surface area contributed by atoms with Crippen LogP contribution in [0.15, 0.2) is 28.9 Å². The summed E-state index contributed by atoms with van der Waals surface area (Å²) in [6.45, 7) is 7.04. The molecular formula is C22H28Cl2N4O3. The topological polar surface area (TPSA) is 70.8 Å². The molecule has 0 spiro atoms. The maximum Gasteiger partial charge on any atom is 0.273 e. The van der Waals surface area contributed by atoms with Gasteiger partial charge in [0, 0.05) is 39.3 Å². The fourth-order valence-corrected chi connectivity index (χ4v) is 3.87. The number of oxazole rings is 1. The number of aromatic nitrogens is 1. The predicted octanol–water partition coefficient (Wildman–Crippen LogP) is 3.46. The van der Waals surface area contributed by atoms with Gasteiger partial charge in [-0.25, -0.2) is 4.98 Å². The maximum atomic E-state index is 12.3. The van der Waals surface area contributed by atoms with Gasteiger partial charge >= 0.3 is 0 Å². The van der Waals surface area contributed by atoms with Crippen LogP contribution in [0.3, 0.4) is 0 Å². The van der Waals surface area contributed by atoms with Crippen molar-refractivity contribution >= 4 is 29.1 Å². The molecule has 0 bridgehead atoms. The predicted molar refractivity (Wildman–Crippen MR) is 119 cm³/mol. The zero-order valence-electron chi connectivity index (χ0n) is 17.5. The Kier molecular flexibility index (Phi) is 7.85. The van der Waals surface area contributed by atoms with E-state index < -0.39 is 0 Å². The number of carbonyl (C=O) groups is 1. The zero-order chi connectivity index (χ0) is 21.6. The first-order valence-corrected chi connectivity index (χ1v) is 11.5. The molecule has 1 aromatic carbocycles. The second kappa shape index (κ2) is 10.8. The molecule has 1 saturated carbocycles. The van der Waals surface area contributed by atoms with Crippen LogP contribution in [0.5, 0.6) is 0 Å². The van der Waals surface area contributed by atoms with E-state index in [-0.39, 0.29) is 5.91 Å². The molecule has 2 heterocycles. The number of rotatable bonds is 10. The molecule has 31 heavy (non-hydrogen) atoms. The number of benzene rings is 1. The standard InChI is InChI=1S/C22H28Cl2N4O3/c23-18-4-3-17(11-19(18)24)13-28(6-5-27-7-9-30-10-8-27)14-21-26-20(15-31-21)22(29)25-12-16-1-2-16/h3-4,11,15-16H,1-2,5-10,12-14H2,(H,25,29). The lowest BCUT2D eigenvalue weighted by Gasteiger charge is -2.29. The van der Waals surface area contributed by atoms with Crippen LogP contribution in [0.2, 0.25) is 10.0 Å². The van der Waals surface area contributed by atoms with Crippen LogP contribution in [-0.2, 0) is 17.8 Å². The molecule has 1 aliphatic carbocycles. The Bertz CT molecular complexity index is 881. The Labute approximate surface area is 192 Å². The third-order valence-electron chi connectivity index (χ3n) is 5.62. The van der Waals surface area contributed by atoms with Crippen molar-refractivity contribution < 1.29 is 13.9 Å². The summed E-state index contributed by atoms with van der Waals surface area (Å²) in [5, 5.41) is 4.01. The highest BCUT2D eigenvalue weighted by Crippen LogP contribution is 2.27. The van der Waals surface area contributed by atoms with E-state index in [1.165, 1.54) is 19.1 Å². The number of carbonyl (C=O) groups excluding carboxylic acids is 1. The Morgan fingerprint density at radius 1 is 1.19 bits per heavy atom. The number of hydrogen-bond acceptors (Lipinski definition) is 6. The molecule has 1 aliphatic heterocycles. The lowest BCUT2D eigenvalue weighted by molar-refractivity contribution is 0.0320. The molecule has 4 rings (SSSR count). The molecule has 1 aromatic heterocycles. The highest BCUT2D eigenvalue weighted by atomic mass is 35.5. The molecule has 2 fully saturated rings. The van der Waals surface area contributed by atoms with Crippen molar-refractivity contribution in [2.75, 3.05) is 45.9 Å². The quantitative estimate of drug-likeness (QED) is 0.577. The number of halogens is 2. The van der Waals surface area contributed by atoms with Crippen molar-refractivity contribution in [3.05, 3.63) is 51.7 Å². The van der Waals surface area contributed by atoms with Crippen molar-refractivity contribution in [3.8, 4) is 0 Å². The zero-order valence-corrected chi connectivity index (χ0v) is 19.0. The van der Waals surface area contributed by atoms with Gasteiger partial charge in [0.2, 0.25) is 5.89 Å². The van der Waals surface area contributed by atoms with Gasteiger partial charge in [0.05, 0.1) is 29.8 Å². The maximum absolute atomic E-state index is 12.3. The summed E-state index contributed by atoms with van der Waals surface area (Å²) in [7, 11) is 0.